The average molecular weight is 433 g/mol. The van der Waals surface area contributed by atoms with Crippen LogP contribution in [0.25, 0.3) is 0 Å². The molecule has 7 nitrogen and oxygen atoms in total. The minimum Gasteiger partial charge on any atom is -0.462 e. The Hall–Kier alpha value is -2.41. The lowest BCUT2D eigenvalue weighted by atomic mass is 9.59. The number of rotatable bonds is 2. The molecule has 7 heteroatoms. The zero-order chi connectivity index (χ0) is 23.1. The molecule has 1 N–H and O–H groups in total. The van der Waals surface area contributed by atoms with Crippen molar-refractivity contribution in [2.75, 3.05) is 0 Å². The van der Waals surface area contributed by atoms with Gasteiger partial charge in [0.25, 0.3) is 5.79 Å². The molecule has 1 aliphatic heterocycles. The van der Waals surface area contributed by atoms with E-state index < -0.39 is 41.3 Å². The van der Waals surface area contributed by atoms with E-state index in [-0.39, 0.29) is 5.92 Å². The topological polar surface area (TPSA) is 99.1 Å². The summed E-state index contributed by atoms with van der Waals surface area (Å²) in [6.07, 6.45) is 4.38. The average Bonchev–Trinajstić information content (AvgIpc) is 2.85. The Labute approximate surface area is 183 Å². The maximum atomic E-state index is 12.4. The second-order valence-corrected chi connectivity index (χ2v) is 9.22. The van der Waals surface area contributed by atoms with E-state index in [1.165, 1.54) is 13.8 Å². The fraction of sp³-hybridized carbons (Fsp3) is 0.625. The van der Waals surface area contributed by atoms with Crippen molar-refractivity contribution in [2.45, 2.75) is 85.2 Å². The first kappa shape index (κ1) is 23.3. The molecule has 0 aromatic rings. The summed E-state index contributed by atoms with van der Waals surface area (Å²) in [4.78, 5) is 36.3. The molecule has 3 rings (SSSR count). The van der Waals surface area contributed by atoms with Gasteiger partial charge in [-0.1, -0.05) is 24.1 Å². The molecule has 0 radical (unpaired) electrons. The summed E-state index contributed by atoms with van der Waals surface area (Å²) in [5.74, 6) is -3.39. The van der Waals surface area contributed by atoms with Gasteiger partial charge >= 0.3 is 17.9 Å². The van der Waals surface area contributed by atoms with Crippen LogP contribution in [-0.4, -0.2) is 41.0 Å². The SMILES string of the molecule is CC(=O)OC1CC=C(C)C2CC3=C(C)C(=O)OC3(O)C=C(C)CCC(OC(C)=O)C12C. The number of allylic oxidation sites excluding steroid dienone is 2. The fourth-order valence-electron chi connectivity index (χ4n) is 5.35. The lowest BCUT2D eigenvalue weighted by molar-refractivity contribution is -0.181. The van der Waals surface area contributed by atoms with E-state index in [1.807, 2.05) is 26.8 Å². The molecule has 3 aliphatic rings. The lowest BCUT2D eigenvalue weighted by Crippen LogP contribution is -2.54. The van der Waals surface area contributed by atoms with Crippen LogP contribution in [-0.2, 0) is 28.6 Å². The maximum absolute atomic E-state index is 12.4. The predicted octanol–water partition coefficient (Wildman–Crippen LogP) is 3.51. The summed E-state index contributed by atoms with van der Waals surface area (Å²) in [5.41, 5.74) is 1.96. The van der Waals surface area contributed by atoms with E-state index in [0.717, 1.165) is 11.1 Å². The molecule has 5 atom stereocenters. The second kappa shape index (κ2) is 8.26. The van der Waals surface area contributed by atoms with Gasteiger partial charge in [0.05, 0.1) is 0 Å². The number of aliphatic hydroxyl groups is 1. The molecule has 0 amide bonds. The van der Waals surface area contributed by atoms with Crippen LogP contribution in [0.3, 0.4) is 0 Å². The van der Waals surface area contributed by atoms with Gasteiger partial charge in [0.1, 0.15) is 12.2 Å². The molecule has 0 spiro atoms. The Bertz CT molecular complexity index is 896. The third-order valence-electron chi connectivity index (χ3n) is 7.05. The van der Waals surface area contributed by atoms with E-state index >= 15 is 0 Å². The monoisotopic (exact) mass is 432 g/mol. The number of fused-ring (bicyclic) bond motifs is 2. The highest BCUT2D eigenvalue weighted by Crippen LogP contribution is 2.53. The summed E-state index contributed by atoms with van der Waals surface area (Å²) in [5, 5.41) is 11.3. The number of esters is 3. The first-order chi connectivity index (χ1) is 14.4. The van der Waals surface area contributed by atoms with Crippen LogP contribution >= 0.6 is 0 Å². The van der Waals surface area contributed by atoms with Crippen LogP contribution in [0.15, 0.2) is 34.4 Å². The minimum atomic E-state index is -1.80. The number of hydrogen-bond donors (Lipinski definition) is 1. The van der Waals surface area contributed by atoms with Crippen molar-refractivity contribution in [3.8, 4) is 0 Å². The fourth-order valence-corrected chi connectivity index (χ4v) is 5.35. The number of hydrogen-bond acceptors (Lipinski definition) is 7. The number of ether oxygens (including phenoxy) is 3. The van der Waals surface area contributed by atoms with Crippen LogP contribution < -0.4 is 0 Å². The molecule has 170 valence electrons. The van der Waals surface area contributed by atoms with Gasteiger partial charge in [-0.15, -0.1) is 0 Å². The Morgan fingerprint density at radius 2 is 1.74 bits per heavy atom. The molecule has 0 saturated heterocycles. The van der Waals surface area contributed by atoms with Crippen LogP contribution in [0, 0.1) is 11.3 Å². The molecule has 2 aliphatic carbocycles. The van der Waals surface area contributed by atoms with E-state index in [4.69, 9.17) is 14.2 Å². The van der Waals surface area contributed by atoms with Gasteiger partial charge < -0.3 is 19.3 Å². The largest absolute Gasteiger partial charge is 0.462 e. The van der Waals surface area contributed by atoms with Crippen molar-refractivity contribution >= 4 is 17.9 Å². The van der Waals surface area contributed by atoms with Crippen molar-refractivity contribution in [1.29, 1.82) is 0 Å². The van der Waals surface area contributed by atoms with Crippen LogP contribution in [0.4, 0.5) is 0 Å². The van der Waals surface area contributed by atoms with Crippen molar-refractivity contribution in [2.24, 2.45) is 11.3 Å². The number of carbonyl (C=O) groups excluding carboxylic acids is 3. The zero-order valence-electron chi connectivity index (χ0n) is 19.1. The van der Waals surface area contributed by atoms with Crippen molar-refractivity contribution < 1.29 is 33.7 Å². The molecule has 0 saturated carbocycles. The van der Waals surface area contributed by atoms with Crippen LogP contribution in [0.5, 0.6) is 0 Å². The molecule has 0 fully saturated rings. The van der Waals surface area contributed by atoms with Gasteiger partial charge in [-0.25, -0.2) is 4.79 Å². The molecule has 1 heterocycles. The zero-order valence-corrected chi connectivity index (χ0v) is 19.1. The lowest BCUT2D eigenvalue weighted by Gasteiger charge is -2.50. The Morgan fingerprint density at radius 1 is 1.13 bits per heavy atom. The first-order valence-electron chi connectivity index (χ1n) is 10.7. The normalized spacial score (nSPS) is 35.8. The molecule has 0 aromatic carbocycles. The molecular weight excluding hydrogens is 400 g/mol. The van der Waals surface area contributed by atoms with Gasteiger partial charge in [-0.05, 0) is 52.0 Å². The van der Waals surface area contributed by atoms with Gasteiger partial charge in [0, 0.05) is 36.8 Å². The third kappa shape index (κ3) is 4.20. The van der Waals surface area contributed by atoms with E-state index in [1.54, 1.807) is 13.0 Å². The van der Waals surface area contributed by atoms with E-state index in [0.29, 0.717) is 36.8 Å². The smallest absolute Gasteiger partial charge is 0.336 e. The Kier molecular flexibility index (Phi) is 6.20. The van der Waals surface area contributed by atoms with Gasteiger partial charge in [0.2, 0.25) is 0 Å². The maximum Gasteiger partial charge on any atom is 0.336 e. The highest BCUT2D eigenvalue weighted by molar-refractivity contribution is 5.92. The van der Waals surface area contributed by atoms with Crippen LogP contribution in [0.1, 0.15) is 67.2 Å². The highest BCUT2D eigenvalue weighted by atomic mass is 16.7. The summed E-state index contributed by atoms with van der Waals surface area (Å²) < 4.78 is 16.9. The van der Waals surface area contributed by atoms with Gasteiger partial charge in [0.15, 0.2) is 0 Å². The molecule has 31 heavy (non-hydrogen) atoms. The van der Waals surface area contributed by atoms with E-state index in [2.05, 4.69) is 0 Å². The number of carbonyl (C=O) groups is 3. The van der Waals surface area contributed by atoms with E-state index in [9.17, 15) is 19.5 Å². The Morgan fingerprint density at radius 3 is 2.35 bits per heavy atom. The highest BCUT2D eigenvalue weighted by Gasteiger charge is 2.55. The summed E-state index contributed by atoms with van der Waals surface area (Å²) in [6.45, 7) is 10.2. The predicted molar refractivity (Wildman–Crippen MR) is 112 cm³/mol. The van der Waals surface area contributed by atoms with Crippen molar-refractivity contribution in [3.63, 3.8) is 0 Å². The molecule has 0 bridgehead atoms. The summed E-state index contributed by atoms with van der Waals surface area (Å²) >= 11 is 0. The first-order valence-corrected chi connectivity index (χ1v) is 10.7. The summed E-state index contributed by atoms with van der Waals surface area (Å²) in [7, 11) is 0. The van der Waals surface area contributed by atoms with Gasteiger partial charge in [-0.2, -0.15) is 0 Å². The van der Waals surface area contributed by atoms with Crippen molar-refractivity contribution in [3.05, 3.63) is 34.4 Å². The summed E-state index contributed by atoms with van der Waals surface area (Å²) in [6, 6.07) is 0. The van der Waals surface area contributed by atoms with Crippen molar-refractivity contribution in [1.82, 2.24) is 0 Å². The minimum absolute atomic E-state index is 0.243. The quantitative estimate of drug-likeness (QED) is 0.405. The second-order valence-electron chi connectivity index (χ2n) is 9.22. The van der Waals surface area contributed by atoms with Gasteiger partial charge in [-0.3, -0.25) is 9.59 Å². The molecular formula is C24H32O7. The molecule has 5 unspecified atom stereocenters. The standard InChI is InChI=1S/C24H32O7/c1-13-7-9-20(29-16(4)25)23(6)18(14(2)8-10-21(23)30-17(5)26)11-19-15(3)22(27)31-24(19,28)12-13/h8,12,18,20-21,28H,7,9-11H2,1-6H3. The van der Waals surface area contributed by atoms with Crippen LogP contribution in [0.2, 0.25) is 0 Å². The third-order valence-corrected chi connectivity index (χ3v) is 7.05. The Balaban J connectivity index is 2.21. The molecule has 0 aromatic heterocycles.